The summed E-state index contributed by atoms with van der Waals surface area (Å²) in [5, 5.41) is 9.10. The van der Waals surface area contributed by atoms with E-state index in [9.17, 15) is 4.79 Å². The Balaban J connectivity index is 2.14. The molecule has 2 rings (SSSR count). The average molecular weight is 340 g/mol. The Labute approximate surface area is 112 Å². The molecule has 0 aliphatic carbocycles. The number of ether oxygens (including phenoxy) is 1. The van der Waals surface area contributed by atoms with Crippen LogP contribution in [0.25, 0.3) is 0 Å². The summed E-state index contributed by atoms with van der Waals surface area (Å²) in [5.74, 6) is 0.139. The van der Waals surface area contributed by atoms with Crippen LogP contribution in [0.2, 0.25) is 0 Å². The first kappa shape index (κ1) is 11.9. The van der Waals surface area contributed by atoms with Crippen LogP contribution in [-0.4, -0.2) is 11.1 Å². The minimum Gasteiger partial charge on any atom is -0.508 e. The van der Waals surface area contributed by atoms with Crippen molar-refractivity contribution in [2.24, 2.45) is 0 Å². The second kappa shape index (κ2) is 5.18. The summed E-state index contributed by atoms with van der Waals surface area (Å²) in [7, 11) is 0. The molecule has 17 heavy (non-hydrogen) atoms. The molecule has 4 heteroatoms. The highest BCUT2D eigenvalue weighted by atomic mass is 127. The Bertz CT molecular complexity index is 535. The fourth-order valence-electron chi connectivity index (χ4n) is 1.30. The molecule has 2 aromatic rings. The number of rotatable bonds is 2. The first-order valence-corrected chi connectivity index (χ1v) is 6.00. The Hall–Kier alpha value is -1.56. The van der Waals surface area contributed by atoms with Crippen LogP contribution in [0.3, 0.4) is 0 Å². The van der Waals surface area contributed by atoms with Crippen LogP contribution in [0.1, 0.15) is 10.4 Å². The third kappa shape index (κ3) is 3.20. The van der Waals surface area contributed by atoms with Gasteiger partial charge in [0.25, 0.3) is 0 Å². The topological polar surface area (TPSA) is 46.5 Å². The number of halogens is 1. The van der Waals surface area contributed by atoms with E-state index in [0.29, 0.717) is 11.3 Å². The van der Waals surface area contributed by atoms with Crippen LogP contribution in [0.5, 0.6) is 11.5 Å². The lowest BCUT2D eigenvalue weighted by Gasteiger charge is -2.04. The largest absolute Gasteiger partial charge is 0.508 e. The molecule has 0 heterocycles. The molecule has 0 aromatic heterocycles. The van der Waals surface area contributed by atoms with Gasteiger partial charge in [0.05, 0.1) is 5.56 Å². The van der Waals surface area contributed by atoms with Crippen molar-refractivity contribution in [3.8, 4) is 11.5 Å². The van der Waals surface area contributed by atoms with Crippen LogP contribution in [0.15, 0.2) is 48.5 Å². The standard InChI is InChI=1S/C13H9IO3/c14-10-3-1-2-9(8-10)13(16)17-12-6-4-11(15)5-7-12/h1-8,15H. The molecule has 0 aliphatic heterocycles. The highest BCUT2D eigenvalue weighted by molar-refractivity contribution is 14.1. The van der Waals surface area contributed by atoms with Gasteiger partial charge in [-0.2, -0.15) is 0 Å². The fourth-order valence-corrected chi connectivity index (χ4v) is 1.84. The van der Waals surface area contributed by atoms with Crippen LogP contribution >= 0.6 is 22.6 Å². The molecular formula is C13H9IO3. The number of phenolic OH excluding ortho intramolecular Hbond substituents is 1. The van der Waals surface area contributed by atoms with E-state index in [1.165, 1.54) is 12.1 Å². The molecule has 0 spiro atoms. The predicted molar refractivity (Wildman–Crippen MR) is 72.2 cm³/mol. The Morgan fingerprint density at radius 2 is 1.82 bits per heavy atom. The van der Waals surface area contributed by atoms with Crippen molar-refractivity contribution in [3.63, 3.8) is 0 Å². The average Bonchev–Trinajstić information content (AvgIpc) is 2.32. The lowest BCUT2D eigenvalue weighted by molar-refractivity contribution is 0.0734. The summed E-state index contributed by atoms with van der Waals surface area (Å²) in [4.78, 5) is 11.8. The van der Waals surface area contributed by atoms with Crippen molar-refractivity contribution >= 4 is 28.6 Å². The summed E-state index contributed by atoms with van der Waals surface area (Å²) < 4.78 is 6.13. The van der Waals surface area contributed by atoms with Gasteiger partial charge in [0.1, 0.15) is 11.5 Å². The molecule has 0 unspecified atom stereocenters. The maximum Gasteiger partial charge on any atom is 0.343 e. The predicted octanol–water partition coefficient (Wildman–Crippen LogP) is 3.22. The minimum atomic E-state index is -0.408. The van der Waals surface area contributed by atoms with E-state index in [1.54, 1.807) is 30.3 Å². The SMILES string of the molecule is O=C(Oc1ccc(O)cc1)c1cccc(I)c1. The van der Waals surface area contributed by atoms with Crippen molar-refractivity contribution in [2.75, 3.05) is 0 Å². The number of esters is 1. The van der Waals surface area contributed by atoms with Gasteiger partial charge < -0.3 is 9.84 Å². The molecule has 0 aliphatic rings. The van der Waals surface area contributed by atoms with E-state index in [4.69, 9.17) is 9.84 Å². The number of hydrogen-bond acceptors (Lipinski definition) is 3. The number of carbonyl (C=O) groups excluding carboxylic acids is 1. The zero-order valence-electron chi connectivity index (χ0n) is 8.76. The first-order valence-electron chi connectivity index (χ1n) is 4.92. The van der Waals surface area contributed by atoms with Gasteiger partial charge in [-0.25, -0.2) is 4.79 Å². The second-order valence-electron chi connectivity index (χ2n) is 3.39. The molecule has 0 fully saturated rings. The van der Waals surface area contributed by atoms with E-state index in [1.807, 2.05) is 6.07 Å². The van der Waals surface area contributed by atoms with Gasteiger partial charge in [-0.15, -0.1) is 0 Å². The minimum absolute atomic E-state index is 0.138. The number of hydrogen-bond donors (Lipinski definition) is 1. The number of benzene rings is 2. The normalized spacial score (nSPS) is 9.94. The molecular weight excluding hydrogens is 331 g/mol. The molecule has 0 bridgehead atoms. The van der Waals surface area contributed by atoms with E-state index in [-0.39, 0.29) is 5.75 Å². The molecule has 0 saturated carbocycles. The van der Waals surface area contributed by atoms with E-state index >= 15 is 0 Å². The van der Waals surface area contributed by atoms with E-state index in [0.717, 1.165) is 3.57 Å². The molecule has 0 saturated heterocycles. The molecule has 86 valence electrons. The molecule has 3 nitrogen and oxygen atoms in total. The quantitative estimate of drug-likeness (QED) is 0.519. The van der Waals surface area contributed by atoms with Crippen molar-refractivity contribution < 1.29 is 14.6 Å². The lowest BCUT2D eigenvalue weighted by atomic mass is 10.2. The van der Waals surface area contributed by atoms with Crippen LogP contribution in [0.4, 0.5) is 0 Å². The second-order valence-corrected chi connectivity index (χ2v) is 4.64. The van der Waals surface area contributed by atoms with Crippen LogP contribution in [-0.2, 0) is 0 Å². The molecule has 2 aromatic carbocycles. The van der Waals surface area contributed by atoms with Gasteiger partial charge in [-0.3, -0.25) is 0 Å². The van der Waals surface area contributed by atoms with Crippen molar-refractivity contribution in [1.82, 2.24) is 0 Å². The van der Waals surface area contributed by atoms with Gasteiger partial charge >= 0.3 is 5.97 Å². The summed E-state index contributed by atoms with van der Waals surface area (Å²) in [5.41, 5.74) is 0.505. The van der Waals surface area contributed by atoms with Gasteiger partial charge in [0.2, 0.25) is 0 Å². The molecule has 0 atom stereocenters. The Kier molecular flexibility index (Phi) is 3.63. The van der Waals surface area contributed by atoms with Gasteiger partial charge in [0.15, 0.2) is 0 Å². The zero-order chi connectivity index (χ0) is 12.3. The maximum absolute atomic E-state index is 11.8. The summed E-state index contributed by atoms with van der Waals surface area (Å²) in [6, 6.07) is 13.2. The van der Waals surface area contributed by atoms with Crippen molar-refractivity contribution in [1.29, 1.82) is 0 Å². The van der Waals surface area contributed by atoms with Gasteiger partial charge in [-0.1, -0.05) is 6.07 Å². The Morgan fingerprint density at radius 3 is 2.47 bits per heavy atom. The van der Waals surface area contributed by atoms with Gasteiger partial charge in [0, 0.05) is 3.57 Å². The van der Waals surface area contributed by atoms with Crippen molar-refractivity contribution in [3.05, 3.63) is 57.7 Å². The third-order valence-electron chi connectivity index (χ3n) is 2.11. The summed E-state index contributed by atoms with van der Waals surface area (Å²) in [6.07, 6.45) is 0. The highest BCUT2D eigenvalue weighted by Crippen LogP contribution is 2.17. The third-order valence-corrected chi connectivity index (χ3v) is 2.78. The highest BCUT2D eigenvalue weighted by Gasteiger charge is 2.08. The first-order chi connectivity index (χ1) is 8.15. The number of carbonyl (C=O) groups is 1. The maximum atomic E-state index is 11.8. The van der Waals surface area contributed by atoms with Gasteiger partial charge in [-0.05, 0) is 65.1 Å². The van der Waals surface area contributed by atoms with E-state index in [2.05, 4.69) is 22.6 Å². The van der Waals surface area contributed by atoms with E-state index < -0.39 is 5.97 Å². The van der Waals surface area contributed by atoms with Crippen molar-refractivity contribution in [2.45, 2.75) is 0 Å². The smallest absolute Gasteiger partial charge is 0.343 e. The number of aromatic hydroxyl groups is 1. The summed E-state index contributed by atoms with van der Waals surface area (Å²) >= 11 is 2.13. The monoisotopic (exact) mass is 340 g/mol. The zero-order valence-corrected chi connectivity index (χ0v) is 10.9. The molecule has 0 radical (unpaired) electrons. The molecule has 0 amide bonds. The lowest BCUT2D eigenvalue weighted by Crippen LogP contribution is -2.08. The van der Waals surface area contributed by atoms with Crippen LogP contribution in [0, 0.1) is 3.57 Å². The number of phenols is 1. The summed E-state index contributed by atoms with van der Waals surface area (Å²) in [6.45, 7) is 0. The Morgan fingerprint density at radius 1 is 1.12 bits per heavy atom. The van der Waals surface area contributed by atoms with Crippen LogP contribution < -0.4 is 4.74 Å². The fraction of sp³-hybridized carbons (Fsp3) is 0. The molecule has 1 N–H and O–H groups in total.